The van der Waals surface area contributed by atoms with Crippen LogP contribution in [0.3, 0.4) is 0 Å². The maximum Gasteiger partial charge on any atom is 0.214 e. The Morgan fingerprint density at radius 3 is 2.93 bits per heavy atom. The minimum Gasteiger partial charge on any atom is -0.478 e. The Bertz CT molecular complexity index is 299. The lowest BCUT2D eigenvalue weighted by Gasteiger charge is -2.24. The van der Waals surface area contributed by atoms with E-state index >= 15 is 0 Å². The molecule has 1 aliphatic carbocycles. The molecule has 0 amide bonds. The Balaban J connectivity index is 1.74. The first-order valence-corrected chi connectivity index (χ1v) is 5.48. The summed E-state index contributed by atoms with van der Waals surface area (Å²) in [5.41, 5.74) is 0. The van der Waals surface area contributed by atoms with Gasteiger partial charge >= 0.3 is 0 Å². The van der Waals surface area contributed by atoms with Crippen LogP contribution in [-0.2, 0) is 0 Å². The lowest BCUT2D eigenvalue weighted by atomic mass is 9.83. The van der Waals surface area contributed by atoms with Crippen LogP contribution in [0.4, 0.5) is 0 Å². The van der Waals surface area contributed by atoms with Crippen LogP contribution in [0, 0.1) is 5.92 Å². The molecule has 1 fully saturated rings. The summed E-state index contributed by atoms with van der Waals surface area (Å²) in [5, 5.41) is 0.492. The summed E-state index contributed by atoms with van der Waals surface area (Å²) in [6.45, 7) is 0.762. The average molecular weight is 212 g/mol. The molecule has 0 bridgehead atoms. The van der Waals surface area contributed by atoms with Gasteiger partial charge in [-0.25, -0.2) is 4.98 Å². The van der Waals surface area contributed by atoms with E-state index in [1.165, 1.54) is 19.3 Å². The molecular formula is C11H14ClNO. The topological polar surface area (TPSA) is 22.1 Å². The van der Waals surface area contributed by atoms with Gasteiger partial charge in [-0.2, -0.15) is 0 Å². The van der Waals surface area contributed by atoms with Gasteiger partial charge in [0.25, 0.3) is 0 Å². The van der Waals surface area contributed by atoms with Crippen LogP contribution in [-0.4, -0.2) is 11.6 Å². The van der Waals surface area contributed by atoms with Gasteiger partial charge in [-0.1, -0.05) is 36.9 Å². The fourth-order valence-corrected chi connectivity index (χ4v) is 1.74. The average Bonchev–Trinajstić information content (AvgIpc) is 2.09. The van der Waals surface area contributed by atoms with Gasteiger partial charge in [0.1, 0.15) is 5.15 Å². The Hall–Kier alpha value is -0.760. The molecule has 0 aromatic carbocycles. The van der Waals surface area contributed by atoms with Crippen molar-refractivity contribution in [1.29, 1.82) is 0 Å². The van der Waals surface area contributed by atoms with Gasteiger partial charge in [-0.15, -0.1) is 0 Å². The Kier molecular flexibility index (Phi) is 3.25. The molecule has 0 spiro atoms. The second-order valence-corrected chi connectivity index (χ2v) is 4.12. The van der Waals surface area contributed by atoms with Gasteiger partial charge < -0.3 is 4.74 Å². The first-order valence-electron chi connectivity index (χ1n) is 5.10. The molecule has 1 saturated carbocycles. The monoisotopic (exact) mass is 211 g/mol. The largest absolute Gasteiger partial charge is 0.478 e. The summed E-state index contributed by atoms with van der Waals surface area (Å²) in [5.74, 6) is 1.52. The lowest BCUT2D eigenvalue weighted by molar-refractivity contribution is 0.217. The third-order valence-electron chi connectivity index (χ3n) is 2.69. The zero-order valence-electron chi connectivity index (χ0n) is 8.08. The molecule has 1 aliphatic rings. The molecule has 1 aromatic rings. The number of aromatic nitrogens is 1. The summed E-state index contributed by atoms with van der Waals surface area (Å²) in [4.78, 5) is 4.06. The van der Waals surface area contributed by atoms with Crippen molar-refractivity contribution < 1.29 is 4.74 Å². The van der Waals surface area contributed by atoms with Crippen LogP contribution in [0.1, 0.15) is 25.7 Å². The van der Waals surface area contributed by atoms with E-state index < -0.39 is 0 Å². The van der Waals surface area contributed by atoms with Gasteiger partial charge in [-0.3, -0.25) is 0 Å². The SMILES string of the molecule is Clc1cccc(OCCC2CCC2)n1. The van der Waals surface area contributed by atoms with Gasteiger partial charge in [-0.05, 0) is 18.4 Å². The molecule has 1 heterocycles. The van der Waals surface area contributed by atoms with Gasteiger partial charge in [0.05, 0.1) is 6.61 Å². The summed E-state index contributed by atoms with van der Waals surface area (Å²) in [7, 11) is 0. The van der Waals surface area contributed by atoms with Gasteiger partial charge in [0, 0.05) is 6.07 Å². The molecule has 0 saturated heterocycles. The third-order valence-corrected chi connectivity index (χ3v) is 2.90. The molecule has 2 rings (SSSR count). The van der Waals surface area contributed by atoms with Crippen LogP contribution >= 0.6 is 11.6 Å². The Morgan fingerprint density at radius 2 is 2.29 bits per heavy atom. The number of hydrogen-bond acceptors (Lipinski definition) is 2. The predicted octanol–water partition coefficient (Wildman–Crippen LogP) is 3.30. The van der Waals surface area contributed by atoms with Crippen molar-refractivity contribution in [2.24, 2.45) is 5.92 Å². The van der Waals surface area contributed by atoms with Crippen LogP contribution in [0.25, 0.3) is 0 Å². The van der Waals surface area contributed by atoms with E-state index in [2.05, 4.69) is 4.98 Å². The third kappa shape index (κ3) is 2.61. The van der Waals surface area contributed by atoms with E-state index in [1.54, 1.807) is 6.07 Å². The summed E-state index contributed by atoms with van der Waals surface area (Å²) >= 11 is 5.73. The number of pyridine rings is 1. The first-order chi connectivity index (χ1) is 6.84. The highest BCUT2D eigenvalue weighted by Crippen LogP contribution is 2.29. The van der Waals surface area contributed by atoms with Crippen LogP contribution in [0.2, 0.25) is 5.15 Å². The van der Waals surface area contributed by atoms with Crippen LogP contribution < -0.4 is 4.74 Å². The van der Waals surface area contributed by atoms with Gasteiger partial charge in [0.15, 0.2) is 0 Å². The van der Waals surface area contributed by atoms with E-state index in [9.17, 15) is 0 Å². The van der Waals surface area contributed by atoms with E-state index in [0.717, 1.165) is 18.9 Å². The highest BCUT2D eigenvalue weighted by atomic mass is 35.5. The molecule has 76 valence electrons. The van der Waals surface area contributed by atoms with E-state index in [4.69, 9.17) is 16.3 Å². The predicted molar refractivity (Wildman–Crippen MR) is 56.7 cm³/mol. The molecule has 0 N–H and O–H groups in total. The second-order valence-electron chi connectivity index (χ2n) is 3.73. The molecule has 0 radical (unpaired) electrons. The Labute approximate surface area is 89.3 Å². The number of nitrogens with zero attached hydrogens (tertiary/aromatic N) is 1. The number of rotatable bonds is 4. The van der Waals surface area contributed by atoms with Crippen molar-refractivity contribution in [3.63, 3.8) is 0 Å². The molecule has 2 nitrogen and oxygen atoms in total. The highest BCUT2D eigenvalue weighted by Gasteiger charge is 2.16. The minimum atomic E-state index is 0.492. The van der Waals surface area contributed by atoms with Crippen molar-refractivity contribution >= 4 is 11.6 Å². The standard InChI is InChI=1S/C11H14ClNO/c12-10-5-2-6-11(13-10)14-8-7-9-3-1-4-9/h2,5-6,9H,1,3-4,7-8H2. The lowest BCUT2D eigenvalue weighted by Crippen LogP contribution is -2.14. The molecule has 0 unspecified atom stereocenters. The second kappa shape index (κ2) is 4.65. The number of ether oxygens (including phenoxy) is 1. The number of halogens is 1. The normalized spacial score (nSPS) is 16.4. The molecule has 0 atom stereocenters. The van der Waals surface area contributed by atoms with Crippen molar-refractivity contribution in [2.75, 3.05) is 6.61 Å². The maximum atomic E-state index is 5.73. The first kappa shape index (κ1) is 9.78. The maximum absolute atomic E-state index is 5.73. The van der Waals surface area contributed by atoms with Gasteiger partial charge in [0.2, 0.25) is 5.88 Å². The Morgan fingerprint density at radius 1 is 1.43 bits per heavy atom. The highest BCUT2D eigenvalue weighted by molar-refractivity contribution is 6.29. The van der Waals surface area contributed by atoms with Crippen LogP contribution in [0.5, 0.6) is 5.88 Å². The molecular weight excluding hydrogens is 198 g/mol. The van der Waals surface area contributed by atoms with Crippen molar-refractivity contribution in [3.05, 3.63) is 23.4 Å². The fraction of sp³-hybridized carbons (Fsp3) is 0.545. The summed E-state index contributed by atoms with van der Waals surface area (Å²) in [6.07, 6.45) is 5.27. The molecule has 0 aliphatic heterocycles. The number of hydrogen-bond donors (Lipinski definition) is 0. The fourth-order valence-electron chi connectivity index (χ4n) is 1.58. The quantitative estimate of drug-likeness (QED) is 0.713. The van der Waals surface area contributed by atoms with Crippen molar-refractivity contribution in [1.82, 2.24) is 4.98 Å². The minimum absolute atomic E-state index is 0.492. The molecule has 14 heavy (non-hydrogen) atoms. The smallest absolute Gasteiger partial charge is 0.214 e. The molecule has 3 heteroatoms. The van der Waals surface area contributed by atoms with E-state index in [0.29, 0.717) is 11.0 Å². The zero-order chi connectivity index (χ0) is 9.80. The van der Waals surface area contributed by atoms with E-state index in [1.807, 2.05) is 12.1 Å². The molecule has 1 aromatic heterocycles. The van der Waals surface area contributed by atoms with Crippen LogP contribution in [0.15, 0.2) is 18.2 Å². The van der Waals surface area contributed by atoms with Crippen molar-refractivity contribution in [3.8, 4) is 5.88 Å². The van der Waals surface area contributed by atoms with Crippen molar-refractivity contribution in [2.45, 2.75) is 25.7 Å². The zero-order valence-corrected chi connectivity index (χ0v) is 8.83. The summed E-state index contributed by atoms with van der Waals surface area (Å²) in [6, 6.07) is 5.45. The summed E-state index contributed by atoms with van der Waals surface area (Å²) < 4.78 is 5.50. The van der Waals surface area contributed by atoms with E-state index in [-0.39, 0.29) is 0 Å².